The maximum absolute atomic E-state index is 5.64. The van der Waals surface area contributed by atoms with Gasteiger partial charge in [-0.25, -0.2) is 9.97 Å². The largest absolute Gasteiger partial charge is 0.494 e. The molecule has 0 saturated carbocycles. The summed E-state index contributed by atoms with van der Waals surface area (Å²) in [4.78, 5) is 9.35. The van der Waals surface area contributed by atoms with Gasteiger partial charge in [0, 0.05) is 36.7 Å². The summed E-state index contributed by atoms with van der Waals surface area (Å²) >= 11 is 0. The monoisotopic (exact) mass is 428 g/mol. The van der Waals surface area contributed by atoms with Crippen LogP contribution in [0, 0.1) is 6.92 Å². The highest BCUT2D eigenvalue weighted by atomic mass is 16.5. The predicted molar refractivity (Wildman–Crippen MR) is 128 cm³/mol. The lowest BCUT2D eigenvalue weighted by Gasteiger charge is -2.24. The second-order valence-electron chi connectivity index (χ2n) is 8.16. The lowest BCUT2D eigenvalue weighted by molar-refractivity contribution is 0.0904. The summed E-state index contributed by atoms with van der Waals surface area (Å²) in [5.41, 5.74) is 5.39. The van der Waals surface area contributed by atoms with Crippen LogP contribution in [0.3, 0.4) is 0 Å². The van der Waals surface area contributed by atoms with Gasteiger partial charge >= 0.3 is 0 Å². The van der Waals surface area contributed by atoms with Crippen molar-refractivity contribution < 1.29 is 9.47 Å². The molecule has 2 aromatic carbocycles. The first-order valence-electron chi connectivity index (χ1n) is 11.2. The minimum atomic E-state index is 0.345. The van der Waals surface area contributed by atoms with Crippen molar-refractivity contribution in [2.45, 2.75) is 32.7 Å². The van der Waals surface area contributed by atoms with Gasteiger partial charge in [-0.05, 0) is 62.1 Å². The van der Waals surface area contributed by atoms with E-state index in [-0.39, 0.29) is 0 Å². The molecule has 164 valence electrons. The molecule has 0 radical (unpaired) electrons. The first kappa shape index (κ1) is 20.5. The molecule has 4 aromatic rings. The minimum absolute atomic E-state index is 0.345. The van der Waals surface area contributed by atoms with Gasteiger partial charge in [0.15, 0.2) is 5.65 Å². The fourth-order valence-electron chi connectivity index (χ4n) is 4.30. The number of ether oxygens (including phenoxy) is 2. The van der Waals surface area contributed by atoms with E-state index in [0.29, 0.717) is 12.6 Å². The fraction of sp³-hybridized carbons (Fsp3) is 0.308. The first-order chi connectivity index (χ1) is 15.7. The van der Waals surface area contributed by atoms with Gasteiger partial charge in [0.05, 0.1) is 12.0 Å². The Hall–Kier alpha value is -3.38. The highest BCUT2D eigenvalue weighted by Crippen LogP contribution is 2.36. The van der Waals surface area contributed by atoms with Gasteiger partial charge < -0.3 is 19.4 Å². The Bertz CT molecular complexity index is 1210. The smallest absolute Gasteiger partial charge is 0.150 e. The second kappa shape index (κ2) is 9.01. The number of rotatable bonds is 6. The molecule has 1 aliphatic rings. The van der Waals surface area contributed by atoms with E-state index >= 15 is 0 Å². The minimum Gasteiger partial charge on any atom is -0.494 e. The Morgan fingerprint density at radius 3 is 2.66 bits per heavy atom. The molecule has 5 rings (SSSR count). The Morgan fingerprint density at radius 2 is 1.91 bits per heavy atom. The number of nitrogens with one attached hydrogen (secondary N) is 1. The van der Waals surface area contributed by atoms with Crippen molar-refractivity contribution >= 4 is 16.9 Å². The van der Waals surface area contributed by atoms with Crippen molar-refractivity contribution in [3.8, 4) is 22.6 Å². The van der Waals surface area contributed by atoms with Crippen LogP contribution in [0.5, 0.6) is 5.75 Å². The number of aromatic nitrogens is 3. The van der Waals surface area contributed by atoms with Gasteiger partial charge in [0.2, 0.25) is 0 Å². The summed E-state index contributed by atoms with van der Waals surface area (Å²) < 4.78 is 13.3. The average Bonchev–Trinajstić information content (AvgIpc) is 3.21. The van der Waals surface area contributed by atoms with Crippen molar-refractivity contribution in [3.05, 3.63) is 66.6 Å². The van der Waals surface area contributed by atoms with Crippen molar-refractivity contribution in [2.24, 2.45) is 0 Å². The van der Waals surface area contributed by atoms with E-state index in [1.54, 1.807) is 6.33 Å². The Balaban J connectivity index is 1.66. The third-order valence-electron chi connectivity index (χ3n) is 5.90. The molecular weight excluding hydrogens is 400 g/mol. The summed E-state index contributed by atoms with van der Waals surface area (Å²) in [5, 5.41) is 4.70. The Labute approximate surface area is 188 Å². The van der Waals surface area contributed by atoms with E-state index in [1.807, 2.05) is 19.1 Å². The van der Waals surface area contributed by atoms with Crippen LogP contribution in [0.2, 0.25) is 0 Å². The zero-order valence-electron chi connectivity index (χ0n) is 18.5. The molecule has 1 N–H and O–H groups in total. The number of hydrogen-bond acceptors (Lipinski definition) is 5. The molecule has 1 aliphatic heterocycles. The normalized spacial score (nSPS) is 14.6. The van der Waals surface area contributed by atoms with Crippen LogP contribution < -0.4 is 10.1 Å². The molecule has 1 saturated heterocycles. The first-order valence-corrected chi connectivity index (χ1v) is 11.2. The van der Waals surface area contributed by atoms with Crippen molar-refractivity contribution in [2.75, 3.05) is 25.1 Å². The number of aryl methyl sites for hydroxylation is 1. The van der Waals surface area contributed by atoms with Crippen LogP contribution in [0.15, 0.2) is 61.1 Å². The van der Waals surface area contributed by atoms with E-state index in [1.165, 1.54) is 5.56 Å². The summed E-state index contributed by atoms with van der Waals surface area (Å²) in [6, 6.07) is 17.1. The van der Waals surface area contributed by atoms with Crippen LogP contribution in [-0.2, 0) is 4.74 Å². The molecule has 3 heterocycles. The molecule has 6 heteroatoms. The van der Waals surface area contributed by atoms with Gasteiger partial charge in [-0.3, -0.25) is 0 Å². The van der Waals surface area contributed by atoms with E-state index in [2.05, 4.69) is 64.4 Å². The average molecular weight is 429 g/mol. The molecule has 2 aromatic heterocycles. The second-order valence-corrected chi connectivity index (χ2v) is 8.16. The quantitative estimate of drug-likeness (QED) is 0.446. The van der Waals surface area contributed by atoms with Crippen molar-refractivity contribution in [1.29, 1.82) is 0 Å². The molecule has 1 fully saturated rings. The highest BCUT2D eigenvalue weighted by molar-refractivity contribution is 6.02. The maximum Gasteiger partial charge on any atom is 0.150 e. The summed E-state index contributed by atoms with van der Waals surface area (Å²) in [5.74, 6) is 1.74. The van der Waals surface area contributed by atoms with E-state index in [9.17, 15) is 0 Å². The molecule has 0 aliphatic carbocycles. The molecule has 0 atom stereocenters. The van der Waals surface area contributed by atoms with Gasteiger partial charge in [-0.15, -0.1) is 0 Å². The lowest BCUT2D eigenvalue weighted by Crippen LogP contribution is -2.28. The lowest BCUT2D eigenvalue weighted by atomic mass is 10.0. The molecule has 32 heavy (non-hydrogen) atoms. The van der Waals surface area contributed by atoms with Gasteiger partial charge in [-0.1, -0.05) is 24.3 Å². The molecule has 0 amide bonds. The van der Waals surface area contributed by atoms with E-state index < -0.39 is 0 Å². The molecular formula is C26H28N4O2. The zero-order chi connectivity index (χ0) is 21.9. The summed E-state index contributed by atoms with van der Waals surface area (Å²) in [6.07, 6.45) is 5.77. The standard InChI is InChI=1S/C26H28N4O2/c1-3-32-22-9-7-19(8-10-22)23-16-30(21-6-4-5-18(2)15-21)26-24(23)25(27-17-28-26)29-20-11-13-31-14-12-20/h4-10,15-17,20H,3,11-14H2,1-2H3,(H,27,28,29). The van der Waals surface area contributed by atoms with Gasteiger partial charge in [0.1, 0.15) is 17.9 Å². The SMILES string of the molecule is CCOc1ccc(-c2cn(-c3cccc(C)c3)c3ncnc(NC4CCOCC4)c23)cc1. The summed E-state index contributed by atoms with van der Waals surface area (Å²) in [7, 11) is 0. The molecule has 0 unspecified atom stereocenters. The number of anilines is 1. The Kier molecular flexibility index (Phi) is 5.77. The van der Waals surface area contributed by atoms with Gasteiger partial charge in [0.25, 0.3) is 0 Å². The number of benzene rings is 2. The van der Waals surface area contributed by atoms with Crippen LogP contribution in [0.4, 0.5) is 5.82 Å². The highest BCUT2D eigenvalue weighted by Gasteiger charge is 2.21. The Morgan fingerprint density at radius 1 is 1.09 bits per heavy atom. The third kappa shape index (κ3) is 4.06. The number of hydrogen-bond donors (Lipinski definition) is 1. The number of nitrogens with zero attached hydrogens (tertiary/aromatic N) is 3. The topological polar surface area (TPSA) is 61.2 Å². The van der Waals surface area contributed by atoms with Crippen LogP contribution in [-0.4, -0.2) is 40.4 Å². The summed E-state index contributed by atoms with van der Waals surface area (Å²) in [6.45, 7) is 6.31. The zero-order valence-corrected chi connectivity index (χ0v) is 18.5. The molecule has 6 nitrogen and oxygen atoms in total. The predicted octanol–water partition coefficient (Wildman–Crippen LogP) is 5.39. The van der Waals surface area contributed by atoms with Crippen LogP contribution in [0.25, 0.3) is 27.8 Å². The van der Waals surface area contributed by atoms with E-state index in [0.717, 1.165) is 65.5 Å². The maximum atomic E-state index is 5.64. The molecule has 0 bridgehead atoms. The fourth-order valence-corrected chi connectivity index (χ4v) is 4.30. The third-order valence-corrected chi connectivity index (χ3v) is 5.90. The van der Waals surface area contributed by atoms with E-state index in [4.69, 9.17) is 14.5 Å². The van der Waals surface area contributed by atoms with Crippen molar-refractivity contribution in [3.63, 3.8) is 0 Å². The molecule has 0 spiro atoms. The number of fused-ring (bicyclic) bond motifs is 1. The van der Waals surface area contributed by atoms with Gasteiger partial charge in [-0.2, -0.15) is 0 Å². The van der Waals surface area contributed by atoms with Crippen LogP contribution in [0.1, 0.15) is 25.3 Å². The van der Waals surface area contributed by atoms with Crippen LogP contribution >= 0.6 is 0 Å². The van der Waals surface area contributed by atoms with Crippen molar-refractivity contribution in [1.82, 2.24) is 14.5 Å².